The van der Waals surface area contributed by atoms with E-state index in [1.54, 1.807) is 17.7 Å². The molecule has 2 aliphatic heterocycles. The first-order valence-corrected chi connectivity index (χ1v) is 10.4. The summed E-state index contributed by atoms with van der Waals surface area (Å²) >= 11 is 1.66. The van der Waals surface area contributed by atoms with Gasteiger partial charge < -0.3 is 9.80 Å². The van der Waals surface area contributed by atoms with Gasteiger partial charge in [0.2, 0.25) is 5.91 Å². The third-order valence-corrected chi connectivity index (χ3v) is 6.79. The lowest BCUT2D eigenvalue weighted by atomic mass is 9.89. The van der Waals surface area contributed by atoms with E-state index >= 15 is 0 Å². The standard InChI is InChI=1S/C21H22N4OS/c1-2-18(26)25-11-15-10-24(20-16-8-9-27-21(16)23-13-22-20)12-17(15)19(25)14-6-4-3-5-7-14/h3-9,13,15,17,19H,2,10-12H2,1H3/t15-,17-,19-/m0/s1. The van der Waals surface area contributed by atoms with Gasteiger partial charge in [-0.25, -0.2) is 9.97 Å². The molecule has 2 saturated heterocycles. The van der Waals surface area contributed by atoms with Crippen molar-refractivity contribution in [3.05, 3.63) is 53.7 Å². The van der Waals surface area contributed by atoms with Crippen molar-refractivity contribution in [3.63, 3.8) is 0 Å². The average molecular weight is 379 g/mol. The minimum absolute atomic E-state index is 0.161. The third-order valence-electron chi connectivity index (χ3n) is 5.97. The summed E-state index contributed by atoms with van der Waals surface area (Å²) in [4.78, 5) is 27.1. The Hall–Kier alpha value is -2.47. The minimum Gasteiger partial charge on any atom is -0.355 e. The zero-order valence-electron chi connectivity index (χ0n) is 15.3. The molecule has 0 saturated carbocycles. The molecule has 138 valence electrons. The molecule has 0 spiro atoms. The topological polar surface area (TPSA) is 49.3 Å². The predicted molar refractivity (Wildman–Crippen MR) is 108 cm³/mol. The molecule has 0 aliphatic carbocycles. The molecule has 27 heavy (non-hydrogen) atoms. The summed E-state index contributed by atoms with van der Waals surface area (Å²) in [7, 11) is 0. The number of likely N-dealkylation sites (tertiary alicyclic amines) is 1. The Kier molecular flexibility index (Phi) is 4.08. The number of carbonyl (C=O) groups excluding carboxylic acids is 1. The number of hydrogen-bond acceptors (Lipinski definition) is 5. The number of amides is 1. The first-order chi connectivity index (χ1) is 13.3. The third kappa shape index (κ3) is 2.70. The second-order valence-corrected chi connectivity index (χ2v) is 8.32. The number of benzene rings is 1. The molecule has 3 atom stereocenters. The fourth-order valence-electron chi connectivity index (χ4n) is 4.78. The molecule has 5 nitrogen and oxygen atoms in total. The van der Waals surface area contributed by atoms with Gasteiger partial charge in [-0.2, -0.15) is 0 Å². The summed E-state index contributed by atoms with van der Waals surface area (Å²) in [5.74, 6) is 2.21. The number of thiophene rings is 1. The molecule has 0 radical (unpaired) electrons. The Labute approximate surface area is 162 Å². The Morgan fingerprint density at radius 3 is 2.81 bits per heavy atom. The number of rotatable bonds is 3. The van der Waals surface area contributed by atoms with Crippen LogP contribution in [0.1, 0.15) is 24.9 Å². The van der Waals surface area contributed by atoms with Gasteiger partial charge >= 0.3 is 0 Å². The second kappa shape index (κ2) is 6.60. The number of aromatic nitrogens is 2. The zero-order chi connectivity index (χ0) is 18.4. The Morgan fingerprint density at radius 1 is 1.15 bits per heavy atom. The monoisotopic (exact) mass is 378 g/mol. The minimum atomic E-state index is 0.161. The van der Waals surface area contributed by atoms with Crippen LogP contribution in [0.25, 0.3) is 10.2 Å². The lowest BCUT2D eigenvalue weighted by Gasteiger charge is -2.30. The molecule has 4 heterocycles. The molecule has 6 heteroatoms. The van der Waals surface area contributed by atoms with Gasteiger partial charge in [-0.15, -0.1) is 11.3 Å². The second-order valence-electron chi connectivity index (χ2n) is 7.42. The van der Waals surface area contributed by atoms with Crippen molar-refractivity contribution < 1.29 is 4.79 Å². The van der Waals surface area contributed by atoms with E-state index in [0.29, 0.717) is 18.3 Å². The molecule has 1 aromatic carbocycles. The zero-order valence-corrected chi connectivity index (χ0v) is 16.1. The van der Waals surface area contributed by atoms with E-state index in [4.69, 9.17) is 0 Å². The highest BCUT2D eigenvalue weighted by Gasteiger charge is 2.49. The van der Waals surface area contributed by atoms with Gasteiger partial charge in [0.15, 0.2) is 0 Å². The fraction of sp³-hybridized carbons (Fsp3) is 0.381. The van der Waals surface area contributed by atoms with Gasteiger partial charge in [-0.05, 0) is 17.0 Å². The SMILES string of the molecule is CCC(=O)N1C[C@@H]2CN(c3ncnc4sccc34)C[C@@H]2[C@@H]1c1ccccc1. The molecule has 2 fully saturated rings. The van der Waals surface area contributed by atoms with Crippen molar-refractivity contribution in [3.8, 4) is 0 Å². The van der Waals surface area contributed by atoms with Gasteiger partial charge in [0.05, 0.1) is 11.4 Å². The summed E-state index contributed by atoms with van der Waals surface area (Å²) in [5.41, 5.74) is 1.25. The van der Waals surface area contributed by atoms with Crippen molar-refractivity contribution >= 4 is 33.3 Å². The van der Waals surface area contributed by atoms with Crippen LogP contribution in [-0.2, 0) is 4.79 Å². The van der Waals surface area contributed by atoms with E-state index in [9.17, 15) is 4.79 Å². The number of anilines is 1. The summed E-state index contributed by atoms with van der Waals surface area (Å²) in [6.07, 6.45) is 2.23. The molecular weight excluding hydrogens is 356 g/mol. The van der Waals surface area contributed by atoms with Gasteiger partial charge in [0, 0.05) is 37.9 Å². The lowest BCUT2D eigenvalue weighted by molar-refractivity contribution is -0.132. The molecule has 2 aliphatic rings. The summed E-state index contributed by atoms with van der Waals surface area (Å²) in [6.45, 7) is 4.67. The van der Waals surface area contributed by atoms with Crippen LogP contribution in [-0.4, -0.2) is 40.4 Å². The van der Waals surface area contributed by atoms with Crippen LogP contribution >= 0.6 is 11.3 Å². The lowest BCUT2D eigenvalue weighted by Crippen LogP contribution is -2.35. The maximum absolute atomic E-state index is 12.6. The molecule has 3 aromatic rings. The average Bonchev–Trinajstić information content (AvgIpc) is 3.41. The van der Waals surface area contributed by atoms with Crippen molar-refractivity contribution in [2.45, 2.75) is 19.4 Å². The van der Waals surface area contributed by atoms with Gasteiger partial charge in [0.25, 0.3) is 0 Å². The number of hydrogen-bond donors (Lipinski definition) is 0. The van der Waals surface area contributed by atoms with Crippen molar-refractivity contribution in [1.82, 2.24) is 14.9 Å². The van der Waals surface area contributed by atoms with Crippen LogP contribution in [0.4, 0.5) is 5.82 Å². The van der Waals surface area contributed by atoms with Gasteiger partial charge in [-0.3, -0.25) is 4.79 Å². The van der Waals surface area contributed by atoms with Gasteiger partial charge in [0.1, 0.15) is 17.0 Å². The number of nitrogens with zero attached hydrogens (tertiary/aromatic N) is 4. The fourth-order valence-corrected chi connectivity index (χ4v) is 5.51. The highest BCUT2D eigenvalue weighted by molar-refractivity contribution is 7.16. The smallest absolute Gasteiger partial charge is 0.222 e. The summed E-state index contributed by atoms with van der Waals surface area (Å²) in [6, 6.07) is 12.8. The van der Waals surface area contributed by atoms with E-state index in [1.165, 1.54) is 5.56 Å². The van der Waals surface area contributed by atoms with Crippen LogP contribution in [0.3, 0.4) is 0 Å². The van der Waals surface area contributed by atoms with Crippen LogP contribution in [0.15, 0.2) is 48.1 Å². The van der Waals surface area contributed by atoms with Crippen molar-refractivity contribution in [1.29, 1.82) is 0 Å². The molecular formula is C21H22N4OS. The van der Waals surface area contributed by atoms with Crippen LogP contribution < -0.4 is 4.90 Å². The van der Waals surface area contributed by atoms with Crippen molar-refractivity contribution in [2.75, 3.05) is 24.5 Å². The molecule has 0 bridgehead atoms. The highest BCUT2D eigenvalue weighted by Crippen LogP contribution is 2.46. The molecule has 0 unspecified atom stereocenters. The van der Waals surface area contributed by atoms with E-state index in [1.807, 2.05) is 13.0 Å². The highest BCUT2D eigenvalue weighted by atomic mass is 32.1. The maximum Gasteiger partial charge on any atom is 0.222 e. The van der Waals surface area contributed by atoms with Crippen LogP contribution in [0.2, 0.25) is 0 Å². The normalized spacial score (nSPS) is 24.6. The van der Waals surface area contributed by atoms with E-state index in [-0.39, 0.29) is 11.9 Å². The summed E-state index contributed by atoms with van der Waals surface area (Å²) in [5, 5.41) is 3.22. The van der Waals surface area contributed by atoms with Crippen LogP contribution in [0, 0.1) is 11.8 Å². The molecule has 5 rings (SSSR count). The first-order valence-electron chi connectivity index (χ1n) is 9.54. The van der Waals surface area contributed by atoms with Gasteiger partial charge in [-0.1, -0.05) is 37.3 Å². The van der Waals surface area contributed by atoms with Crippen molar-refractivity contribution in [2.24, 2.45) is 11.8 Å². The quantitative estimate of drug-likeness (QED) is 0.697. The Bertz CT molecular complexity index is 972. The number of fused-ring (bicyclic) bond motifs is 2. The van der Waals surface area contributed by atoms with Crippen LogP contribution in [0.5, 0.6) is 0 Å². The molecule has 0 N–H and O–H groups in total. The predicted octanol–water partition coefficient (Wildman–Crippen LogP) is 3.74. The van der Waals surface area contributed by atoms with E-state index in [2.05, 4.69) is 55.5 Å². The Morgan fingerprint density at radius 2 is 2.00 bits per heavy atom. The molecule has 2 aromatic heterocycles. The number of carbonyl (C=O) groups is 1. The van der Waals surface area contributed by atoms with E-state index < -0.39 is 0 Å². The Balaban J connectivity index is 1.49. The maximum atomic E-state index is 12.6. The summed E-state index contributed by atoms with van der Waals surface area (Å²) < 4.78 is 0. The van der Waals surface area contributed by atoms with E-state index in [0.717, 1.165) is 35.7 Å². The molecule has 1 amide bonds. The first kappa shape index (κ1) is 16.7. The largest absolute Gasteiger partial charge is 0.355 e.